The molecule has 0 saturated heterocycles. The Balaban J connectivity index is 3.96. The molecule has 0 aliphatic carbocycles. The van der Waals surface area contributed by atoms with Gasteiger partial charge < -0.3 is 9.47 Å². The third-order valence-electron chi connectivity index (χ3n) is 3.26. The minimum absolute atomic E-state index is 0.256. The van der Waals surface area contributed by atoms with Crippen molar-refractivity contribution >= 4 is 11.9 Å². The zero-order valence-electron chi connectivity index (χ0n) is 13.5. The Hall–Kier alpha value is -1.54. The molecule has 0 heterocycles. The molecule has 0 fully saturated rings. The van der Waals surface area contributed by atoms with Crippen LogP contribution in [0.15, 0.2) is 17.9 Å². The van der Waals surface area contributed by atoms with Gasteiger partial charge in [0, 0.05) is 0 Å². The molecule has 21 heavy (non-hydrogen) atoms. The molecule has 0 unspecified atom stereocenters. The van der Waals surface area contributed by atoms with E-state index in [1.54, 1.807) is 6.08 Å². The van der Waals surface area contributed by atoms with Gasteiger partial charge in [-0.1, -0.05) is 39.0 Å². The topological polar surface area (TPSA) is 52.6 Å². The van der Waals surface area contributed by atoms with Crippen LogP contribution in [-0.2, 0) is 19.1 Å². The fourth-order valence-corrected chi connectivity index (χ4v) is 1.95. The molecule has 0 aromatic rings. The molecule has 0 N–H and O–H groups in total. The van der Waals surface area contributed by atoms with E-state index in [9.17, 15) is 9.59 Å². The standard InChI is InChI=1S/C17H28O4/c1-4-5-6-7-8-9-10-11-12-13-14-15(16(18)20-2)17(19)21-3/h11,13,15H,4-10,14H2,1-3H3. The lowest BCUT2D eigenvalue weighted by molar-refractivity contribution is -0.158. The molecule has 0 radical (unpaired) electrons. The smallest absolute Gasteiger partial charge is 0.320 e. The minimum Gasteiger partial charge on any atom is -0.468 e. The number of unbranched alkanes of at least 4 members (excludes halogenated alkanes) is 6. The van der Waals surface area contributed by atoms with Gasteiger partial charge >= 0.3 is 11.9 Å². The highest BCUT2D eigenvalue weighted by atomic mass is 16.5. The van der Waals surface area contributed by atoms with Gasteiger partial charge in [-0.3, -0.25) is 9.59 Å². The van der Waals surface area contributed by atoms with Crippen molar-refractivity contribution in [2.24, 2.45) is 5.92 Å². The van der Waals surface area contributed by atoms with Gasteiger partial charge in [0.05, 0.1) is 14.2 Å². The molecule has 0 saturated carbocycles. The van der Waals surface area contributed by atoms with E-state index in [4.69, 9.17) is 0 Å². The van der Waals surface area contributed by atoms with Crippen LogP contribution in [-0.4, -0.2) is 26.2 Å². The van der Waals surface area contributed by atoms with Crippen LogP contribution in [0, 0.1) is 5.92 Å². The van der Waals surface area contributed by atoms with Crippen LogP contribution in [0.2, 0.25) is 0 Å². The van der Waals surface area contributed by atoms with Gasteiger partial charge in [-0.15, -0.1) is 5.73 Å². The summed E-state index contributed by atoms with van der Waals surface area (Å²) in [6.07, 6.45) is 12.5. The molecule has 120 valence electrons. The van der Waals surface area contributed by atoms with E-state index in [0.29, 0.717) is 0 Å². The Morgan fingerprint density at radius 3 is 2.10 bits per heavy atom. The van der Waals surface area contributed by atoms with Gasteiger partial charge in [-0.25, -0.2) is 0 Å². The van der Waals surface area contributed by atoms with Crippen LogP contribution in [0.1, 0.15) is 58.3 Å². The summed E-state index contributed by atoms with van der Waals surface area (Å²) in [5, 5.41) is 0. The van der Waals surface area contributed by atoms with Crippen molar-refractivity contribution in [3.05, 3.63) is 17.9 Å². The molecule has 0 aliphatic heterocycles. The van der Waals surface area contributed by atoms with E-state index in [1.807, 2.05) is 6.08 Å². The van der Waals surface area contributed by atoms with Gasteiger partial charge in [0.2, 0.25) is 0 Å². The highest BCUT2D eigenvalue weighted by molar-refractivity contribution is 5.94. The number of hydrogen-bond donors (Lipinski definition) is 0. The molecule has 0 aromatic carbocycles. The second-order valence-corrected chi connectivity index (χ2v) is 4.97. The Labute approximate surface area is 128 Å². The first-order valence-corrected chi connectivity index (χ1v) is 7.72. The summed E-state index contributed by atoms with van der Waals surface area (Å²) in [4.78, 5) is 22.8. The predicted octanol–water partition coefficient (Wildman–Crippen LogP) is 3.80. The predicted molar refractivity (Wildman–Crippen MR) is 82.8 cm³/mol. The molecule has 4 heteroatoms. The van der Waals surface area contributed by atoms with Crippen LogP contribution in [0.5, 0.6) is 0 Å². The summed E-state index contributed by atoms with van der Waals surface area (Å²) >= 11 is 0. The second-order valence-electron chi connectivity index (χ2n) is 4.97. The first-order valence-electron chi connectivity index (χ1n) is 7.72. The van der Waals surface area contributed by atoms with Crippen molar-refractivity contribution in [2.45, 2.75) is 58.3 Å². The monoisotopic (exact) mass is 296 g/mol. The van der Waals surface area contributed by atoms with Crippen molar-refractivity contribution in [3.8, 4) is 0 Å². The molecule has 0 amide bonds. The summed E-state index contributed by atoms with van der Waals surface area (Å²) in [6, 6.07) is 0. The number of carbonyl (C=O) groups is 2. The maximum Gasteiger partial charge on any atom is 0.320 e. The summed E-state index contributed by atoms with van der Waals surface area (Å²) in [5.41, 5.74) is 3.01. The van der Waals surface area contributed by atoms with E-state index in [2.05, 4.69) is 22.1 Å². The largest absolute Gasteiger partial charge is 0.468 e. The normalized spacial score (nSPS) is 9.90. The first kappa shape index (κ1) is 19.5. The number of hydrogen-bond acceptors (Lipinski definition) is 4. The molecule has 0 bridgehead atoms. The summed E-state index contributed by atoms with van der Waals surface area (Å²) in [7, 11) is 2.52. The Bertz CT molecular complexity index is 338. The SMILES string of the molecule is CCCCCCCCC=C=CCC(C(=O)OC)C(=O)OC. The van der Waals surface area contributed by atoms with Gasteiger partial charge in [-0.2, -0.15) is 0 Å². The van der Waals surface area contributed by atoms with E-state index < -0.39 is 17.9 Å². The molecule has 0 spiro atoms. The lowest BCUT2D eigenvalue weighted by Gasteiger charge is -2.08. The summed E-state index contributed by atoms with van der Waals surface area (Å²) in [6.45, 7) is 2.21. The number of carbonyl (C=O) groups excluding carboxylic acids is 2. The van der Waals surface area contributed by atoms with Crippen LogP contribution in [0.3, 0.4) is 0 Å². The fourth-order valence-electron chi connectivity index (χ4n) is 1.95. The third-order valence-corrected chi connectivity index (χ3v) is 3.26. The van der Waals surface area contributed by atoms with Crippen LogP contribution >= 0.6 is 0 Å². The number of esters is 2. The second kappa shape index (κ2) is 13.4. The van der Waals surface area contributed by atoms with Crippen molar-refractivity contribution in [1.82, 2.24) is 0 Å². The van der Waals surface area contributed by atoms with Gasteiger partial charge in [0.1, 0.15) is 0 Å². The third kappa shape index (κ3) is 9.91. The maximum absolute atomic E-state index is 11.4. The van der Waals surface area contributed by atoms with E-state index in [-0.39, 0.29) is 6.42 Å². The van der Waals surface area contributed by atoms with Gasteiger partial charge in [-0.05, 0) is 31.4 Å². The number of ether oxygens (including phenoxy) is 2. The van der Waals surface area contributed by atoms with Crippen LogP contribution in [0.4, 0.5) is 0 Å². The van der Waals surface area contributed by atoms with Gasteiger partial charge in [0.25, 0.3) is 0 Å². The average Bonchev–Trinajstić information content (AvgIpc) is 2.51. The van der Waals surface area contributed by atoms with Gasteiger partial charge in [0.15, 0.2) is 5.92 Å². The van der Waals surface area contributed by atoms with Crippen LogP contribution < -0.4 is 0 Å². The Kier molecular flexibility index (Phi) is 12.5. The molecule has 0 aliphatic rings. The summed E-state index contributed by atoms with van der Waals surface area (Å²) in [5.74, 6) is -2.04. The van der Waals surface area contributed by atoms with E-state index in [1.165, 1.54) is 46.3 Å². The molecule has 0 atom stereocenters. The molecule has 0 aromatic heterocycles. The van der Waals surface area contributed by atoms with Crippen molar-refractivity contribution < 1.29 is 19.1 Å². The quantitative estimate of drug-likeness (QED) is 0.252. The lowest BCUT2D eigenvalue weighted by Crippen LogP contribution is -2.25. The first-order chi connectivity index (χ1) is 10.2. The van der Waals surface area contributed by atoms with Crippen LogP contribution in [0.25, 0.3) is 0 Å². The van der Waals surface area contributed by atoms with E-state index >= 15 is 0 Å². The highest BCUT2D eigenvalue weighted by Crippen LogP contribution is 2.09. The average molecular weight is 296 g/mol. The molecule has 4 nitrogen and oxygen atoms in total. The summed E-state index contributed by atoms with van der Waals surface area (Å²) < 4.78 is 9.16. The molecular formula is C17H28O4. The molecule has 0 rings (SSSR count). The lowest BCUT2D eigenvalue weighted by atomic mass is 10.1. The maximum atomic E-state index is 11.4. The van der Waals surface area contributed by atoms with Crippen molar-refractivity contribution in [2.75, 3.05) is 14.2 Å². The number of rotatable bonds is 11. The van der Waals surface area contributed by atoms with Crippen molar-refractivity contribution in [3.63, 3.8) is 0 Å². The van der Waals surface area contributed by atoms with E-state index in [0.717, 1.165) is 12.8 Å². The zero-order valence-corrected chi connectivity index (χ0v) is 13.5. The number of allylic oxidation sites excluding steroid dienone is 1. The van der Waals surface area contributed by atoms with Crippen molar-refractivity contribution in [1.29, 1.82) is 0 Å². The fraction of sp³-hybridized carbons (Fsp3) is 0.706. The number of methoxy groups -OCH3 is 2. The zero-order chi connectivity index (χ0) is 15.9. The Morgan fingerprint density at radius 2 is 1.52 bits per heavy atom. The minimum atomic E-state index is -0.894. The molecular weight excluding hydrogens is 268 g/mol. The Morgan fingerprint density at radius 1 is 0.952 bits per heavy atom. The highest BCUT2D eigenvalue weighted by Gasteiger charge is 2.26.